The van der Waals surface area contributed by atoms with Crippen molar-refractivity contribution in [3.05, 3.63) is 29.3 Å². The Morgan fingerprint density at radius 2 is 1.82 bits per heavy atom. The minimum Gasteiger partial charge on any atom is -0.491 e. The van der Waals surface area contributed by atoms with Gasteiger partial charge in [-0.25, -0.2) is 0 Å². The van der Waals surface area contributed by atoms with Gasteiger partial charge in [0.25, 0.3) is 10.2 Å². The lowest BCUT2D eigenvalue weighted by molar-refractivity contribution is -0.142. The zero-order valence-electron chi connectivity index (χ0n) is 20.5. The Bertz CT molecular complexity index is 1260. The molecule has 1 N–H and O–H groups in total. The normalized spacial score (nSPS) is 26.8. The van der Waals surface area contributed by atoms with Crippen molar-refractivity contribution in [3.8, 4) is 11.8 Å². The van der Waals surface area contributed by atoms with Crippen LogP contribution in [0.1, 0.15) is 42.9 Å². The number of fused-ring (bicyclic) bond motifs is 1. The maximum atomic E-state index is 13.4. The van der Waals surface area contributed by atoms with Crippen LogP contribution in [0.2, 0.25) is 0 Å². The maximum absolute atomic E-state index is 13.4. The third-order valence-corrected chi connectivity index (χ3v) is 9.62. The van der Waals surface area contributed by atoms with Crippen LogP contribution in [0.3, 0.4) is 0 Å². The molecule has 3 saturated heterocycles. The summed E-state index contributed by atoms with van der Waals surface area (Å²) in [7, 11) is -3.77. The molecule has 3 atom stereocenters. The largest absolute Gasteiger partial charge is 0.491 e. The summed E-state index contributed by atoms with van der Waals surface area (Å²) in [5, 5.41) is 11.7. The van der Waals surface area contributed by atoms with Gasteiger partial charge in [0.1, 0.15) is 18.4 Å². The van der Waals surface area contributed by atoms with Crippen LogP contribution < -0.4 is 10.1 Å². The van der Waals surface area contributed by atoms with Gasteiger partial charge in [-0.15, -0.1) is 0 Å². The average molecular weight is 556 g/mol. The molecule has 38 heavy (non-hydrogen) atoms. The number of alkyl halides is 3. The van der Waals surface area contributed by atoms with Gasteiger partial charge in [0.2, 0.25) is 11.8 Å². The van der Waals surface area contributed by atoms with Crippen LogP contribution in [0.25, 0.3) is 0 Å². The molecule has 0 radical (unpaired) electrons. The van der Waals surface area contributed by atoms with E-state index in [9.17, 15) is 31.2 Å². The van der Waals surface area contributed by atoms with Crippen LogP contribution in [0.5, 0.6) is 5.75 Å². The number of nitriles is 1. The molecule has 10 nitrogen and oxygen atoms in total. The second-order valence-corrected chi connectivity index (χ2v) is 12.1. The highest BCUT2D eigenvalue weighted by Crippen LogP contribution is 2.38. The molecule has 5 rings (SSSR count). The van der Waals surface area contributed by atoms with Crippen molar-refractivity contribution >= 4 is 22.0 Å². The highest BCUT2D eigenvalue weighted by molar-refractivity contribution is 7.86. The van der Waals surface area contributed by atoms with Crippen LogP contribution in [-0.4, -0.2) is 79.1 Å². The maximum Gasteiger partial charge on any atom is 0.416 e. The lowest BCUT2D eigenvalue weighted by Crippen LogP contribution is -2.57. The number of piperidine rings is 1. The Hall–Kier alpha value is -2.89. The molecule has 2 amide bonds. The Morgan fingerprint density at radius 3 is 2.53 bits per heavy atom. The summed E-state index contributed by atoms with van der Waals surface area (Å²) in [5.41, 5.74) is -0.598. The van der Waals surface area contributed by atoms with Crippen LogP contribution >= 0.6 is 0 Å². The Morgan fingerprint density at radius 1 is 1.08 bits per heavy atom. The molecule has 1 aromatic rings. The summed E-state index contributed by atoms with van der Waals surface area (Å²) in [6.07, 6.45) is -2.57. The molecule has 0 aliphatic carbocycles. The van der Waals surface area contributed by atoms with Gasteiger partial charge in [-0.05, 0) is 43.9 Å². The van der Waals surface area contributed by atoms with E-state index in [1.54, 1.807) is 0 Å². The molecule has 0 unspecified atom stereocenters. The van der Waals surface area contributed by atoms with E-state index in [1.165, 1.54) is 19.6 Å². The molecule has 4 heterocycles. The monoisotopic (exact) mass is 555 g/mol. The molecule has 0 spiro atoms. The summed E-state index contributed by atoms with van der Waals surface area (Å²) < 4.78 is 73.4. The molecule has 0 saturated carbocycles. The van der Waals surface area contributed by atoms with Crippen molar-refractivity contribution in [1.29, 1.82) is 5.26 Å². The number of carbonyl (C=O) groups is 2. The van der Waals surface area contributed by atoms with Gasteiger partial charge in [0.05, 0.1) is 29.5 Å². The van der Waals surface area contributed by atoms with E-state index >= 15 is 0 Å². The molecule has 0 aromatic heterocycles. The van der Waals surface area contributed by atoms with E-state index in [2.05, 4.69) is 5.32 Å². The SMILES string of the molecule is N#CC1CN(S(=O)(=O)N2CCC[C@H](C(=O)N3CCC[C@@H]3C(=O)N[C@H]3COc4ccc(C(F)(F)F)cc43)C2)C1. The number of ether oxygens (including phenoxy) is 1. The zero-order valence-corrected chi connectivity index (χ0v) is 21.3. The van der Waals surface area contributed by atoms with Gasteiger partial charge >= 0.3 is 6.18 Å². The van der Waals surface area contributed by atoms with Crippen molar-refractivity contribution in [2.24, 2.45) is 11.8 Å². The van der Waals surface area contributed by atoms with E-state index in [-0.39, 0.29) is 55.9 Å². The Kier molecular flexibility index (Phi) is 7.04. The van der Waals surface area contributed by atoms with Gasteiger partial charge in [0.15, 0.2) is 0 Å². The smallest absolute Gasteiger partial charge is 0.416 e. The fourth-order valence-corrected chi connectivity index (χ4v) is 7.33. The van der Waals surface area contributed by atoms with E-state index in [0.717, 1.165) is 12.1 Å². The topological polar surface area (TPSA) is 123 Å². The van der Waals surface area contributed by atoms with E-state index < -0.39 is 45.9 Å². The number of likely N-dealkylation sites (tertiary alicyclic amines) is 1. The number of benzene rings is 1. The van der Waals surface area contributed by atoms with Crippen LogP contribution in [0.4, 0.5) is 13.2 Å². The molecule has 3 fully saturated rings. The molecular formula is C24H28F3N5O5S. The first kappa shape index (κ1) is 26.7. The summed E-state index contributed by atoms with van der Waals surface area (Å²) in [4.78, 5) is 28.1. The standard InChI is InChI=1S/C24H28F3N5O5S/c25-24(26,27)17-5-6-21-18(9-17)19(14-37-21)29-22(33)20-4-2-8-32(20)23(34)16-3-1-7-30(13-16)38(35,36)31-11-15(10-28)12-31/h5-6,9,15-16,19-20H,1-4,7-8,11-14H2,(H,29,33)/t16-,19-,20+/m0/s1. The number of nitrogens with one attached hydrogen (secondary N) is 1. The Balaban J connectivity index is 1.24. The van der Waals surface area contributed by atoms with Crippen molar-refractivity contribution in [1.82, 2.24) is 18.8 Å². The van der Waals surface area contributed by atoms with E-state index in [4.69, 9.17) is 10.00 Å². The molecule has 0 bridgehead atoms. The number of carbonyl (C=O) groups excluding carboxylic acids is 2. The fraction of sp³-hybridized carbons (Fsp3) is 0.625. The van der Waals surface area contributed by atoms with Crippen LogP contribution in [0, 0.1) is 23.2 Å². The molecule has 206 valence electrons. The first-order valence-electron chi connectivity index (χ1n) is 12.6. The highest BCUT2D eigenvalue weighted by Gasteiger charge is 2.44. The summed E-state index contributed by atoms with van der Waals surface area (Å²) >= 11 is 0. The second-order valence-electron chi connectivity index (χ2n) is 10.2. The predicted molar refractivity (Wildman–Crippen MR) is 126 cm³/mol. The van der Waals surface area contributed by atoms with Gasteiger partial charge in [0, 0.05) is 38.3 Å². The molecule has 14 heteroatoms. The third kappa shape index (κ3) is 4.94. The number of rotatable bonds is 5. The van der Waals surface area contributed by atoms with Gasteiger partial charge in [-0.2, -0.15) is 35.5 Å². The first-order chi connectivity index (χ1) is 18.0. The van der Waals surface area contributed by atoms with Crippen molar-refractivity contribution in [2.75, 3.05) is 39.3 Å². The molecular weight excluding hydrogens is 527 g/mol. The minimum absolute atomic E-state index is 0.00376. The highest BCUT2D eigenvalue weighted by atomic mass is 32.2. The van der Waals surface area contributed by atoms with Gasteiger partial charge < -0.3 is 15.0 Å². The second kappa shape index (κ2) is 10.0. The number of hydrogen-bond acceptors (Lipinski definition) is 6. The Labute approximate surface area is 218 Å². The van der Waals surface area contributed by atoms with Gasteiger partial charge in [-0.1, -0.05) is 0 Å². The average Bonchev–Trinajstić information content (AvgIpc) is 3.50. The molecule has 1 aromatic carbocycles. The van der Waals surface area contributed by atoms with Crippen molar-refractivity contribution in [3.63, 3.8) is 0 Å². The predicted octanol–water partition coefficient (Wildman–Crippen LogP) is 1.66. The number of nitrogens with zero attached hydrogens (tertiary/aromatic N) is 4. The first-order valence-corrected chi connectivity index (χ1v) is 14.0. The van der Waals surface area contributed by atoms with Crippen molar-refractivity contribution in [2.45, 2.75) is 43.9 Å². The lowest BCUT2D eigenvalue weighted by Gasteiger charge is -2.41. The number of halogens is 3. The van der Waals surface area contributed by atoms with Crippen LogP contribution in [-0.2, 0) is 26.0 Å². The van der Waals surface area contributed by atoms with E-state index in [1.807, 2.05) is 6.07 Å². The van der Waals surface area contributed by atoms with Crippen molar-refractivity contribution < 1.29 is 35.9 Å². The minimum atomic E-state index is -4.53. The van der Waals surface area contributed by atoms with Gasteiger partial charge in [-0.3, -0.25) is 9.59 Å². The quantitative estimate of drug-likeness (QED) is 0.590. The van der Waals surface area contributed by atoms with E-state index in [0.29, 0.717) is 32.2 Å². The zero-order chi connectivity index (χ0) is 27.2. The molecule has 4 aliphatic heterocycles. The lowest BCUT2D eigenvalue weighted by atomic mass is 9.97. The molecule has 4 aliphatic rings. The third-order valence-electron chi connectivity index (χ3n) is 7.69. The number of amides is 2. The summed E-state index contributed by atoms with van der Waals surface area (Å²) in [6, 6.07) is 3.61. The fourth-order valence-electron chi connectivity index (χ4n) is 5.54. The van der Waals surface area contributed by atoms with Crippen LogP contribution in [0.15, 0.2) is 18.2 Å². The summed E-state index contributed by atoms with van der Waals surface area (Å²) in [5.74, 6) is -1.44. The number of hydrogen-bond donors (Lipinski definition) is 1. The summed E-state index contributed by atoms with van der Waals surface area (Å²) in [6.45, 7) is 0.893.